The molecule has 2 aliphatic rings. The summed E-state index contributed by atoms with van der Waals surface area (Å²) in [6.45, 7) is 1.07. The predicted octanol–water partition coefficient (Wildman–Crippen LogP) is 6.34. The van der Waals surface area contributed by atoms with Gasteiger partial charge in [-0.15, -0.1) is 12.4 Å². The van der Waals surface area contributed by atoms with Gasteiger partial charge in [0.25, 0.3) is 0 Å². The number of amides is 2. The number of aromatic nitrogens is 2. The molecule has 1 aliphatic carbocycles. The van der Waals surface area contributed by atoms with Crippen LogP contribution in [0.3, 0.4) is 0 Å². The monoisotopic (exact) mass is 533 g/mol. The van der Waals surface area contributed by atoms with E-state index in [4.69, 9.17) is 4.74 Å². The molecule has 1 fully saturated rings. The summed E-state index contributed by atoms with van der Waals surface area (Å²) in [6.07, 6.45) is 2.51. The van der Waals surface area contributed by atoms with Gasteiger partial charge in [0, 0.05) is 36.6 Å². The summed E-state index contributed by atoms with van der Waals surface area (Å²) in [7, 11) is 0. The average Bonchev–Trinajstić information content (AvgIpc) is 3.52. The number of nitrogens with zero attached hydrogens (tertiary/aromatic N) is 3. The molecule has 2 aromatic carbocycles. The van der Waals surface area contributed by atoms with E-state index in [1.54, 1.807) is 12.1 Å². The Labute approximate surface area is 218 Å². The molecule has 2 amide bonds. The van der Waals surface area contributed by atoms with Crippen molar-refractivity contribution >= 4 is 29.8 Å². The number of fused-ring (bicyclic) bond motifs is 1. The van der Waals surface area contributed by atoms with Gasteiger partial charge in [-0.2, -0.15) is 13.2 Å². The maximum absolute atomic E-state index is 13.0. The van der Waals surface area contributed by atoms with Crippen LogP contribution in [0.2, 0.25) is 0 Å². The van der Waals surface area contributed by atoms with E-state index in [1.165, 1.54) is 49.0 Å². The van der Waals surface area contributed by atoms with Crippen molar-refractivity contribution in [3.63, 3.8) is 0 Å². The van der Waals surface area contributed by atoms with Gasteiger partial charge in [0.15, 0.2) is 0 Å². The lowest BCUT2D eigenvalue weighted by Gasteiger charge is -2.19. The fourth-order valence-electron chi connectivity index (χ4n) is 4.65. The molecule has 1 aliphatic heterocycles. The molecule has 196 valence electrons. The highest BCUT2D eigenvalue weighted by atomic mass is 35.5. The first-order valence-corrected chi connectivity index (χ1v) is 12.0. The standard InChI is InChI=1S/C26H26F3N5O2.ClH/c27-26(28,29)18-4-3-7-20(13-18)33-25(35)34-11-10-17-12-22(8-9-23(17)34)36-24-14-21(31-16-32-24)15-30-19-5-1-2-6-19;/h3-4,7-9,12-14,16,19,30H,1-2,5-6,10-11,15H2,(H,33,35);1H. The van der Waals surface area contributed by atoms with E-state index in [9.17, 15) is 18.0 Å². The van der Waals surface area contributed by atoms with Crippen molar-refractivity contribution in [1.82, 2.24) is 15.3 Å². The summed E-state index contributed by atoms with van der Waals surface area (Å²) in [6, 6.07) is 11.8. The van der Waals surface area contributed by atoms with Crippen LogP contribution >= 0.6 is 12.4 Å². The van der Waals surface area contributed by atoms with E-state index in [0.717, 1.165) is 23.4 Å². The van der Waals surface area contributed by atoms with Gasteiger partial charge in [-0.3, -0.25) is 4.90 Å². The number of rotatable bonds is 6. The predicted molar refractivity (Wildman–Crippen MR) is 136 cm³/mol. The van der Waals surface area contributed by atoms with Gasteiger partial charge < -0.3 is 15.4 Å². The first-order chi connectivity index (χ1) is 17.3. The van der Waals surface area contributed by atoms with E-state index in [1.807, 2.05) is 12.1 Å². The largest absolute Gasteiger partial charge is 0.439 e. The third-order valence-corrected chi connectivity index (χ3v) is 6.48. The van der Waals surface area contributed by atoms with Crippen LogP contribution in [0, 0.1) is 0 Å². The third kappa shape index (κ3) is 6.50. The van der Waals surface area contributed by atoms with Crippen molar-refractivity contribution in [1.29, 1.82) is 0 Å². The summed E-state index contributed by atoms with van der Waals surface area (Å²) in [5.41, 5.74) is 1.72. The number of hydrogen-bond donors (Lipinski definition) is 2. The average molecular weight is 534 g/mol. The van der Waals surface area contributed by atoms with Crippen molar-refractivity contribution in [3.8, 4) is 11.6 Å². The zero-order valence-corrected chi connectivity index (χ0v) is 20.7. The number of benzene rings is 2. The number of carbonyl (C=O) groups is 1. The van der Waals surface area contributed by atoms with Gasteiger partial charge in [0.05, 0.1) is 11.3 Å². The molecule has 7 nitrogen and oxygen atoms in total. The van der Waals surface area contributed by atoms with Crippen LogP contribution in [0.4, 0.5) is 29.3 Å². The molecule has 11 heteroatoms. The fraction of sp³-hybridized carbons (Fsp3) is 0.346. The topological polar surface area (TPSA) is 79.4 Å². The molecule has 5 rings (SSSR count). The molecular weight excluding hydrogens is 507 g/mol. The molecule has 2 N–H and O–H groups in total. The number of halogens is 4. The zero-order valence-electron chi connectivity index (χ0n) is 19.9. The highest BCUT2D eigenvalue weighted by Gasteiger charge is 2.31. The summed E-state index contributed by atoms with van der Waals surface area (Å²) in [5, 5.41) is 6.08. The van der Waals surface area contributed by atoms with Crippen LogP contribution in [-0.2, 0) is 19.1 Å². The highest BCUT2D eigenvalue weighted by molar-refractivity contribution is 6.03. The lowest BCUT2D eigenvalue weighted by Crippen LogP contribution is -2.33. The minimum absolute atomic E-state index is 0. The Morgan fingerprint density at radius 3 is 2.68 bits per heavy atom. The van der Waals surface area contributed by atoms with Gasteiger partial charge in [-0.25, -0.2) is 14.8 Å². The number of alkyl halides is 3. The van der Waals surface area contributed by atoms with Crippen LogP contribution in [0.5, 0.6) is 11.6 Å². The number of hydrogen-bond acceptors (Lipinski definition) is 5. The van der Waals surface area contributed by atoms with E-state index in [-0.39, 0.29) is 18.1 Å². The number of carbonyl (C=O) groups excluding carboxylic acids is 1. The molecule has 0 saturated heterocycles. The lowest BCUT2D eigenvalue weighted by atomic mass is 10.1. The Morgan fingerprint density at radius 2 is 1.89 bits per heavy atom. The van der Waals surface area contributed by atoms with Crippen LogP contribution in [-0.4, -0.2) is 28.6 Å². The molecule has 0 spiro atoms. The highest BCUT2D eigenvalue weighted by Crippen LogP contribution is 2.34. The van der Waals surface area contributed by atoms with Crippen LogP contribution in [0.25, 0.3) is 0 Å². The Bertz CT molecular complexity index is 1250. The van der Waals surface area contributed by atoms with E-state index >= 15 is 0 Å². The van der Waals surface area contributed by atoms with Gasteiger partial charge >= 0.3 is 12.2 Å². The SMILES string of the molecule is Cl.O=C(Nc1cccc(C(F)(F)F)c1)N1CCc2cc(Oc3cc(CNC4CCCC4)ncn3)ccc21. The number of anilines is 2. The maximum atomic E-state index is 13.0. The number of urea groups is 1. The summed E-state index contributed by atoms with van der Waals surface area (Å²) in [4.78, 5) is 22.8. The molecule has 2 heterocycles. The smallest absolute Gasteiger partial charge is 0.416 e. The maximum Gasteiger partial charge on any atom is 0.416 e. The van der Waals surface area contributed by atoms with Crippen molar-refractivity contribution in [2.45, 2.75) is 50.9 Å². The minimum Gasteiger partial charge on any atom is -0.439 e. The third-order valence-electron chi connectivity index (χ3n) is 6.48. The van der Waals surface area contributed by atoms with Crippen LogP contribution < -0.4 is 20.3 Å². The first-order valence-electron chi connectivity index (χ1n) is 12.0. The second-order valence-corrected chi connectivity index (χ2v) is 9.01. The molecule has 0 bridgehead atoms. The quantitative estimate of drug-likeness (QED) is 0.387. The van der Waals surface area contributed by atoms with Crippen LogP contribution in [0.1, 0.15) is 42.5 Å². The molecule has 1 aromatic heterocycles. The number of nitrogens with one attached hydrogen (secondary N) is 2. The van der Waals surface area contributed by atoms with Gasteiger partial charge in [0.2, 0.25) is 5.88 Å². The second-order valence-electron chi connectivity index (χ2n) is 9.01. The number of ether oxygens (including phenoxy) is 1. The Morgan fingerprint density at radius 1 is 1.08 bits per heavy atom. The lowest BCUT2D eigenvalue weighted by molar-refractivity contribution is -0.137. The van der Waals surface area contributed by atoms with Crippen LogP contribution in [0.15, 0.2) is 54.9 Å². The van der Waals surface area contributed by atoms with Gasteiger partial charge in [0.1, 0.15) is 12.1 Å². The van der Waals surface area contributed by atoms with Crippen molar-refractivity contribution in [3.05, 3.63) is 71.7 Å². The second kappa shape index (κ2) is 11.4. The Balaban J connectivity index is 0.00000320. The van der Waals surface area contributed by atoms with E-state index in [0.29, 0.717) is 42.9 Å². The van der Waals surface area contributed by atoms with E-state index in [2.05, 4.69) is 20.6 Å². The zero-order chi connectivity index (χ0) is 25.1. The summed E-state index contributed by atoms with van der Waals surface area (Å²) < 4.78 is 44.9. The van der Waals surface area contributed by atoms with Gasteiger partial charge in [-0.1, -0.05) is 18.9 Å². The Kier molecular flexibility index (Phi) is 8.19. The minimum atomic E-state index is -4.48. The van der Waals surface area contributed by atoms with Gasteiger partial charge in [-0.05, 0) is 61.2 Å². The van der Waals surface area contributed by atoms with Crippen molar-refractivity contribution < 1.29 is 22.7 Å². The summed E-state index contributed by atoms with van der Waals surface area (Å²) >= 11 is 0. The molecule has 37 heavy (non-hydrogen) atoms. The molecule has 0 atom stereocenters. The normalized spacial score (nSPS) is 15.3. The Hall–Kier alpha value is -3.37. The molecule has 3 aromatic rings. The van der Waals surface area contributed by atoms with E-state index < -0.39 is 17.8 Å². The fourth-order valence-corrected chi connectivity index (χ4v) is 4.65. The van der Waals surface area contributed by atoms with Crippen molar-refractivity contribution in [2.24, 2.45) is 0 Å². The summed E-state index contributed by atoms with van der Waals surface area (Å²) in [5.74, 6) is 1.02. The molecule has 1 saturated carbocycles. The molecular formula is C26H27ClF3N5O2. The molecule has 0 radical (unpaired) electrons. The molecule has 0 unspecified atom stereocenters. The first kappa shape index (κ1) is 26.7. The van der Waals surface area contributed by atoms with Crippen molar-refractivity contribution in [2.75, 3.05) is 16.8 Å².